The van der Waals surface area contributed by atoms with E-state index in [0.717, 1.165) is 22.4 Å². The van der Waals surface area contributed by atoms with Gasteiger partial charge in [0.05, 0.1) is 7.11 Å². The number of benzene rings is 3. The predicted molar refractivity (Wildman–Crippen MR) is 119 cm³/mol. The van der Waals surface area contributed by atoms with Gasteiger partial charge in [0.25, 0.3) is 0 Å². The molecule has 28 heavy (non-hydrogen) atoms. The molecule has 0 bridgehead atoms. The quantitative estimate of drug-likeness (QED) is 0.461. The molecule has 0 fully saturated rings. The minimum atomic E-state index is 0.348. The van der Waals surface area contributed by atoms with Gasteiger partial charge in [-0.2, -0.15) is 0 Å². The highest BCUT2D eigenvalue weighted by Crippen LogP contribution is 2.23. The molecular weight excluding hydrogens is 413 g/mol. The summed E-state index contributed by atoms with van der Waals surface area (Å²) in [5.74, 6) is 1.54. The van der Waals surface area contributed by atoms with E-state index in [1.807, 2.05) is 54.6 Å². The Bertz CT molecular complexity index is 978. The van der Waals surface area contributed by atoms with Crippen LogP contribution in [0.3, 0.4) is 0 Å². The molecule has 0 saturated heterocycles. The summed E-state index contributed by atoms with van der Waals surface area (Å²) in [4.78, 5) is 0.640. The van der Waals surface area contributed by atoms with Gasteiger partial charge in [-0.05, 0) is 30.3 Å². The number of hydrogen-bond donors (Lipinski definition) is 1. The number of para-hydroxylation sites is 1. The molecule has 0 saturated carbocycles. The summed E-state index contributed by atoms with van der Waals surface area (Å²) in [5, 5.41) is 4.45. The number of nitrogens with one attached hydrogen (secondary N) is 1. The van der Waals surface area contributed by atoms with Crippen LogP contribution in [-0.4, -0.2) is 12.1 Å². The van der Waals surface area contributed by atoms with Crippen molar-refractivity contribution in [2.75, 3.05) is 7.11 Å². The van der Waals surface area contributed by atoms with Crippen molar-refractivity contribution in [3.8, 4) is 11.5 Å². The lowest BCUT2D eigenvalue weighted by molar-refractivity contribution is 0.306. The third kappa shape index (κ3) is 5.38. The Morgan fingerprint density at radius 1 is 0.964 bits per heavy atom. The lowest BCUT2D eigenvalue weighted by Gasteiger charge is -2.13. The fourth-order valence-electron chi connectivity index (χ4n) is 2.65. The molecule has 3 nitrogen and oxygen atoms in total. The zero-order valence-corrected chi connectivity index (χ0v) is 17.6. The highest BCUT2D eigenvalue weighted by atomic mass is 35.5. The maximum atomic E-state index is 6.20. The second-order valence-corrected chi connectivity index (χ2v) is 7.30. The minimum Gasteiger partial charge on any atom is -0.496 e. The van der Waals surface area contributed by atoms with Crippen molar-refractivity contribution < 1.29 is 9.47 Å². The normalized spacial score (nSPS) is 10.4. The monoisotopic (exact) mass is 431 g/mol. The molecular formula is C22H19Cl2NO2S. The molecule has 0 radical (unpaired) electrons. The number of methoxy groups -OCH3 is 1. The topological polar surface area (TPSA) is 30.5 Å². The van der Waals surface area contributed by atoms with E-state index < -0.39 is 0 Å². The highest BCUT2D eigenvalue weighted by molar-refractivity contribution is 7.80. The van der Waals surface area contributed by atoms with Crippen LogP contribution in [0, 0.1) is 0 Å². The van der Waals surface area contributed by atoms with Crippen LogP contribution in [0.15, 0.2) is 66.7 Å². The smallest absolute Gasteiger partial charge is 0.123 e. The highest BCUT2D eigenvalue weighted by Gasteiger charge is 2.07. The van der Waals surface area contributed by atoms with Gasteiger partial charge in [-0.25, -0.2) is 0 Å². The molecule has 3 aromatic rings. The van der Waals surface area contributed by atoms with E-state index >= 15 is 0 Å². The van der Waals surface area contributed by atoms with Crippen molar-refractivity contribution in [3.63, 3.8) is 0 Å². The summed E-state index contributed by atoms with van der Waals surface area (Å²) >= 11 is 17.7. The van der Waals surface area contributed by atoms with Gasteiger partial charge in [-0.3, -0.25) is 0 Å². The first-order valence-electron chi connectivity index (χ1n) is 8.63. The van der Waals surface area contributed by atoms with Crippen LogP contribution in [0.2, 0.25) is 10.0 Å². The first kappa shape index (κ1) is 20.5. The molecule has 0 heterocycles. The van der Waals surface area contributed by atoms with E-state index in [-0.39, 0.29) is 0 Å². The molecule has 0 aliphatic heterocycles. The number of halogens is 2. The standard InChI is InChI=1S/C22H19Cl2NO2S/c1-26-21-8-3-2-5-16(21)13-25-22(28)15-6-4-7-19(11-15)27-14-17-9-10-18(23)12-20(17)24/h2-12H,13-14H2,1H3,(H,25,28). The van der Waals surface area contributed by atoms with Gasteiger partial charge in [-0.15, -0.1) is 0 Å². The Morgan fingerprint density at radius 2 is 1.79 bits per heavy atom. The summed E-state index contributed by atoms with van der Waals surface area (Å²) in [6, 6.07) is 20.8. The molecule has 0 amide bonds. The average molecular weight is 432 g/mol. The summed E-state index contributed by atoms with van der Waals surface area (Å²) in [7, 11) is 1.66. The molecule has 6 heteroatoms. The van der Waals surface area contributed by atoms with Gasteiger partial charge >= 0.3 is 0 Å². The molecule has 3 aromatic carbocycles. The molecule has 0 spiro atoms. The Balaban J connectivity index is 1.62. The van der Waals surface area contributed by atoms with Crippen molar-refractivity contribution in [3.05, 3.63) is 93.5 Å². The number of rotatable bonds is 7. The Hall–Kier alpha value is -2.27. The average Bonchev–Trinajstić information content (AvgIpc) is 2.71. The molecule has 0 aliphatic rings. The summed E-state index contributed by atoms with van der Waals surface area (Å²) in [5.41, 5.74) is 2.79. The third-order valence-corrected chi connectivity index (χ3v) is 5.10. The largest absolute Gasteiger partial charge is 0.496 e. The van der Waals surface area contributed by atoms with E-state index in [1.165, 1.54) is 0 Å². The van der Waals surface area contributed by atoms with Crippen LogP contribution in [0.25, 0.3) is 0 Å². The van der Waals surface area contributed by atoms with E-state index in [0.29, 0.717) is 33.9 Å². The zero-order valence-electron chi connectivity index (χ0n) is 15.2. The molecule has 144 valence electrons. The van der Waals surface area contributed by atoms with Crippen molar-refractivity contribution in [1.82, 2.24) is 5.32 Å². The van der Waals surface area contributed by atoms with Crippen LogP contribution in [0.1, 0.15) is 16.7 Å². The number of hydrogen-bond acceptors (Lipinski definition) is 3. The second kappa shape index (κ2) is 9.78. The fraction of sp³-hybridized carbons (Fsp3) is 0.136. The van der Waals surface area contributed by atoms with Gasteiger partial charge in [0.2, 0.25) is 0 Å². The second-order valence-electron chi connectivity index (χ2n) is 6.05. The van der Waals surface area contributed by atoms with Crippen LogP contribution >= 0.6 is 35.4 Å². The maximum Gasteiger partial charge on any atom is 0.123 e. The molecule has 0 atom stereocenters. The molecule has 3 rings (SSSR count). The zero-order chi connectivity index (χ0) is 19.9. The number of ether oxygens (including phenoxy) is 2. The fourth-order valence-corrected chi connectivity index (χ4v) is 3.32. The summed E-state index contributed by atoms with van der Waals surface area (Å²) in [6.07, 6.45) is 0. The SMILES string of the molecule is COc1ccccc1CNC(=S)c1cccc(OCc2ccc(Cl)cc2Cl)c1. The maximum absolute atomic E-state index is 6.20. The van der Waals surface area contributed by atoms with E-state index in [4.69, 9.17) is 44.9 Å². The van der Waals surface area contributed by atoms with Gasteiger partial charge in [0, 0.05) is 33.3 Å². The van der Waals surface area contributed by atoms with Crippen molar-refractivity contribution >= 4 is 40.4 Å². The van der Waals surface area contributed by atoms with Crippen molar-refractivity contribution in [1.29, 1.82) is 0 Å². The van der Waals surface area contributed by atoms with Gasteiger partial charge in [0.15, 0.2) is 0 Å². The lowest BCUT2D eigenvalue weighted by Crippen LogP contribution is -2.22. The summed E-state index contributed by atoms with van der Waals surface area (Å²) in [6.45, 7) is 0.926. The van der Waals surface area contributed by atoms with E-state index in [9.17, 15) is 0 Å². The molecule has 0 aromatic heterocycles. The van der Waals surface area contributed by atoms with Gasteiger partial charge < -0.3 is 14.8 Å². The lowest BCUT2D eigenvalue weighted by atomic mass is 10.1. The first-order valence-corrected chi connectivity index (χ1v) is 9.80. The Labute approximate surface area is 180 Å². The number of thiocarbonyl (C=S) groups is 1. The van der Waals surface area contributed by atoms with Gasteiger partial charge in [-0.1, -0.05) is 71.8 Å². The first-order chi connectivity index (χ1) is 13.6. The van der Waals surface area contributed by atoms with Gasteiger partial charge in [0.1, 0.15) is 23.1 Å². The molecule has 0 aliphatic carbocycles. The van der Waals surface area contributed by atoms with Crippen LogP contribution in [0.4, 0.5) is 0 Å². The molecule has 1 N–H and O–H groups in total. The van der Waals surface area contributed by atoms with Crippen LogP contribution < -0.4 is 14.8 Å². The Kier molecular flexibility index (Phi) is 7.15. The minimum absolute atomic E-state index is 0.348. The van der Waals surface area contributed by atoms with E-state index in [2.05, 4.69) is 5.32 Å². The van der Waals surface area contributed by atoms with Crippen LogP contribution in [-0.2, 0) is 13.2 Å². The predicted octanol–water partition coefficient (Wildman–Crippen LogP) is 6.05. The Morgan fingerprint density at radius 3 is 2.57 bits per heavy atom. The third-order valence-electron chi connectivity index (χ3n) is 4.14. The van der Waals surface area contributed by atoms with Crippen LogP contribution in [0.5, 0.6) is 11.5 Å². The molecule has 0 unspecified atom stereocenters. The van der Waals surface area contributed by atoms with Crippen molar-refractivity contribution in [2.24, 2.45) is 0 Å². The summed E-state index contributed by atoms with van der Waals surface area (Å²) < 4.78 is 11.2. The van der Waals surface area contributed by atoms with Crippen molar-refractivity contribution in [2.45, 2.75) is 13.2 Å². The van der Waals surface area contributed by atoms with E-state index in [1.54, 1.807) is 19.2 Å².